The van der Waals surface area contributed by atoms with Gasteiger partial charge in [-0.15, -0.1) is 11.3 Å². The van der Waals surface area contributed by atoms with Crippen LogP contribution in [0, 0.1) is 0 Å². The van der Waals surface area contributed by atoms with Gasteiger partial charge in [0.25, 0.3) is 11.8 Å². The third-order valence-corrected chi connectivity index (χ3v) is 4.47. The average molecular weight is 379 g/mol. The van der Waals surface area contributed by atoms with Crippen LogP contribution in [0.25, 0.3) is 10.4 Å². The van der Waals surface area contributed by atoms with Crippen LogP contribution >= 0.6 is 11.3 Å². The lowest BCUT2D eigenvalue weighted by molar-refractivity contribution is -0.133. The van der Waals surface area contributed by atoms with E-state index in [1.165, 1.54) is 30.0 Å². The van der Waals surface area contributed by atoms with E-state index in [2.05, 4.69) is 10.5 Å². The predicted octanol–water partition coefficient (Wildman–Crippen LogP) is 1.84. The van der Waals surface area contributed by atoms with E-state index in [-0.39, 0.29) is 7.43 Å². The van der Waals surface area contributed by atoms with E-state index < -0.39 is 24.0 Å². The van der Waals surface area contributed by atoms with Crippen LogP contribution in [0.2, 0.25) is 0 Å². The van der Waals surface area contributed by atoms with Gasteiger partial charge in [-0.3, -0.25) is 14.8 Å². The zero-order chi connectivity index (χ0) is 18.4. The monoisotopic (exact) mass is 379 g/mol. The number of hydroxylamine groups is 1. The molecule has 0 bridgehead atoms. The zero-order valence-corrected chi connectivity index (χ0v) is 14.0. The maximum atomic E-state index is 12.2. The molecule has 0 saturated heterocycles. The Morgan fingerprint density at radius 3 is 2.38 bits per heavy atom. The molecule has 0 radical (unpaired) electrons. The van der Waals surface area contributed by atoms with Crippen molar-refractivity contribution in [3.8, 4) is 10.4 Å². The molecule has 2 rings (SSSR count). The summed E-state index contributed by atoms with van der Waals surface area (Å²) in [6.45, 7) is 1.33. The van der Waals surface area contributed by atoms with Gasteiger partial charge in [-0.25, -0.2) is 5.48 Å². The molecule has 2 amide bonds. The number of benzene rings is 1. The lowest BCUT2D eigenvalue weighted by Crippen LogP contribution is -2.51. The molecule has 0 aliphatic heterocycles. The molecular formula is C17H21N3O5S. The maximum absolute atomic E-state index is 12.2. The molecule has 5 N–H and O–H groups in total. The third-order valence-electron chi connectivity index (χ3n) is 3.41. The zero-order valence-electron chi connectivity index (χ0n) is 13.2. The summed E-state index contributed by atoms with van der Waals surface area (Å²) in [7, 11) is 0. The Balaban J connectivity index is 0.00000338. The summed E-state index contributed by atoms with van der Waals surface area (Å²) in [5.74, 6) is -1.46. The highest BCUT2D eigenvalue weighted by Gasteiger charge is 2.25. The molecule has 2 aromatic rings. The normalized spacial score (nSPS) is 12.9. The van der Waals surface area contributed by atoms with Crippen molar-refractivity contribution in [1.29, 1.82) is 0 Å². The number of oxime groups is 1. The molecule has 26 heavy (non-hydrogen) atoms. The number of hydrogen-bond acceptors (Lipinski definition) is 7. The molecule has 2 atom stereocenters. The van der Waals surface area contributed by atoms with E-state index in [1.54, 1.807) is 30.3 Å². The fourth-order valence-corrected chi connectivity index (χ4v) is 3.00. The molecule has 1 heterocycles. The first-order valence-electron chi connectivity index (χ1n) is 7.27. The van der Waals surface area contributed by atoms with Gasteiger partial charge in [-0.1, -0.05) is 24.7 Å². The Morgan fingerprint density at radius 1 is 1.19 bits per heavy atom. The van der Waals surface area contributed by atoms with Gasteiger partial charge in [0.1, 0.15) is 6.04 Å². The number of amides is 2. The summed E-state index contributed by atoms with van der Waals surface area (Å²) in [5.41, 5.74) is 2.58. The average Bonchev–Trinajstić information content (AvgIpc) is 3.07. The minimum atomic E-state index is -1.27. The van der Waals surface area contributed by atoms with Gasteiger partial charge in [-0.2, -0.15) is 0 Å². The Kier molecular flexibility index (Phi) is 7.91. The van der Waals surface area contributed by atoms with Gasteiger partial charge < -0.3 is 15.6 Å². The van der Waals surface area contributed by atoms with Gasteiger partial charge in [-0.05, 0) is 36.8 Å². The predicted molar refractivity (Wildman–Crippen MR) is 98.7 cm³/mol. The van der Waals surface area contributed by atoms with Crippen molar-refractivity contribution in [3.05, 3.63) is 46.8 Å². The molecule has 0 fully saturated rings. The molecule has 8 nitrogen and oxygen atoms in total. The van der Waals surface area contributed by atoms with Gasteiger partial charge >= 0.3 is 0 Å². The molecule has 140 valence electrons. The topological polar surface area (TPSA) is 131 Å². The van der Waals surface area contributed by atoms with Gasteiger partial charge in [0.2, 0.25) is 0 Å². The van der Waals surface area contributed by atoms with Gasteiger partial charge in [0.15, 0.2) is 0 Å². The number of nitrogens with zero attached hydrogens (tertiary/aromatic N) is 1. The van der Waals surface area contributed by atoms with Crippen LogP contribution in [0.3, 0.4) is 0 Å². The van der Waals surface area contributed by atoms with Crippen molar-refractivity contribution < 1.29 is 25.1 Å². The third kappa shape index (κ3) is 5.12. The molecule has 0 saturated carbocycles. The van der Waals surface area contributed by atoms with Crippen molar-refractivity contribution in [2.24, 2.45) is 5.16 Å². The Morgan fingerprint density at radius 2 is 1.85 bits per heavy atom. The molecular weight excluding hydrogens is 358 g/mol. The van der Waals surface area contributed by atoms with Crippen LogP contribution in [0.15, 0.2) is 41.6 Å². The maximum Gasteiger partial charge on any atom is 0.268 e. The fourth-order valence-electron chi connectivity index (χ4n) is 2.12. The molecule has 0 spiro atoms. The minimum absolute atomic E-state index is 0. The van der Waals surface area contributed by atoms with Crippen LogP contribution in [-0.2, 0) is 4.79 Å². The Bertz CT molecular complexity index is 771. The fraction of sp³-hybridized carbons (Fsp3) is 0.235. The molecule has 0 aliphatic carbocycles. The number of aliphatic hydroxyl groups is 1. The molecule has 1 aromatic carbocycles. The van der Waals surface area contributed by atoms with E-state index in [0.717, 1.165) is 15.3 Å². The van der Waals surface area contributed by atoms with Crippen molar-refractivity contribution in [3.63, 3.8) is 0 Å². The summed E-state index contributed by atoms with van der Waals surface area (Å²) in [4.78, 5) is 25.4. The van der Waals surface area contributed by atoms with Crippen LogP contribution in [0.4, 0.5) is 0 Å². The second-order valence-electron chi connectivity index (χ2n) is 5.19. The second kappa shape index (κ2) is 9.66. The summed E-state index contributed by atoms with van der Waals surface area (Å²) in [6, 6.07) is 9.05. The van der Waals surface area contributed by atoms with E-state index in [0.29, 0.717) is 5.56 Å². The Labute approximate surface area is 154 Å². The number of carbonyl (C=O) groups excluding carboxylic acids is 2. The molecule has 1 aromatic heterocycles. The molecule has 0 aliphatic rings. The number of carbonyl (C=O) groups is 2. The summed E-state index contributed by atoms with van der Waals surface area (Å²) < 4.78 is 0. The van der Waals surface area contributed by atoms with Gasteiger partial charge in [0.05, 0.1) is 12.3 Å². The van der Waals surface area contributed by atoms with Crippen LogP contribution in [-0.4, -0.2) is 45.7 Å². The van der Waals surface area contributed by atoms with E-state index in [4.69, 9.17) is 10.4 Å². The number of nitrogens with one attached hydrogen (secondary N) is 2. The highest BCUT2D eigenvalue weighted by atomic mass is 32.1. The van der Waals surface area contributed by atoms with Crippen LogP contribution < -0.4 is 10.8 Å². The second-order valence-corrected chi connectivity index (χ2v) is 6.31. The highest BCUT2D eigenvalue weighted by molar-refractivity contribution is 7.17. The summed E-state index contributed by atoms with van der Waals surface area (Å²) >= 11 is 1.42. The SMILES string of the molecule is C.C[C@@H](O)[C@H](NC(=O)c1ccc(-c2ccc(/C=N\O)s2)cc1)C(=O)NO. The van der Waals surface area contributed by atoms with Gasteiger partial charge in [0, 0.05) is 15.3 Å². The molecule has 9 heteroatoms. The number of rotatable bonds is 6. The van der Waals surface area contributed by atoms with E-state index in [9.17, 15) is 14.7 Å². The lowest BCUT2D eigenvalue weighted by atomic mass is 10.1. The number of thiophene rings is 1. The molecule has 0 unspecified atom stereocenters. The number of aliphatic hydroxyl groups excluding tert-OH is 1. The van der Waals surface area contributed by atoms with E-state index in [1.807, 2.05) is 6.07 Å². The standard InChI is InChI=1S/C16H17N3O5S.CH4/c1-9(20)14(16(22)19-24)18-15(21)11-4-2-10(3-5-11)13-7-6-12(25-13)8-17-23;/h2-9,14,20,23-24H,1H3,(H,18,21)(H,19,22);1H4/b17-8-;/t9-,14+;/m1./s1. The Hall–Kier alpha value is -2.75. The minimum Gasteiger partial charge on any atom is -0.411 e. The van der Waals surface area contributed by atoms with Crippen molar-refractivity contribution in [2.45, 2.75) is 26.5 Å². The first kappa shape index (κ1) is 21.3. The van der Waals surface area contributed by atoms with E-state index >= 15 is 0 Å². The first-order chi connectivity index (χ1) is 12.0. The number of hydrogen-bond donors (Lipinski definition) is 5. The smallest absolute Gasteiger partial charge is 0.268 e. The highest BCUT2D eigenvalue weighted by Crippen LogP contribution is 2.27. The first-order valence-corrected chi connectivity index (χ1v) is 8.08. The lowest BCUT2D eigenvalue weighted by Gasteiger charge is -2.19. The van der Waals surface area contributed by atoms with Crippen molar-refractivity contribution in [1.82, 2.24) is 10.8 Å². The summed E-state index contributed by atoms with van der Waals surface area (Å²) in [5, 5.41) is 32.1. The van der Waals surface area contributed by atoms with Crippen LogP contribution in [0.1, 0.15) is 29.6 Å². The quantitative estimate of drug-likeness (QED) is 0.226. The summed E-state index contributed by atoms with van der Waals surface area (Å²) in [6.07, 6.45) is 0.159. The van der Waals surface area contributed by atoms with Crippen molar-refractivity contribution in [2.75, 3.05) is 0 Å². The van der Waals surface area contributed by atoms with Crippen molar-refractivity contribution >= 4 is 29.4 Å². The largest absolute Gasteiger partial charge is 0.411 e. The van der Waals surface area contributed by atoms with Crippen LogP contribution in [0.5, 0.6) is 0 Å².